The molecule has 1 aromatic carbocycles. The monoisotopic (exact) mass is 262 g/mol. The number of nitrogens with two attached hydrogens (primary N) is 1. The van der Waals surface area contributed by atoms with E-state index in [9.17, 15) is 4.39 Å². The minimum atomic E-state index is -0.316. The lowest BCUT2D eigenvalue weighted by Crippen LogP contribution is -2.10. The van der Waals surface area contributed by atoms with Crippen LogP contribution in [0.3, 0.4) is 0 Å². The van der Waals surface area contributed by atoms with Crippen molar-refractivity contribution in [2.24, 2.45) is 5.73 Å². The van der Waals surface area contributed by atoms with Crippen LogP contribution in [0, 0.1) is 12.7 Å². The molecule has 1 heterocycles. The van der Waals surface area contributed by atoms with Crippen molar-refractivity contribution in [2.45, 2.75) is 6.92 Å². The van der Waals surface area contributed by atoms with E-state index < -0.39 is 0 Å². The lowest BCUT2D eigenvalue weighted by Gasteiger charge is -2.07. The Hall–Kier alpha value is -2.01. The van der Waals surface area contributed by atoms with E-state index in [1.165, 1.54) is 24.3 Å². The van der Waals surface area contributed by atoms with Crippen LogP contribution in [-0.2, 0) is 0 Å². The number of aromatic nitrogens is 1. The zero-order valence-electron chi connectivity index (χ0n) is 9.68. The molecule has 0 saturated carbocycles. The summed E-state index contributed by atoms with van der Waals surface area (Å²) in [6.45, 7) is 1.82. The molecule has 0 spiro atoms. The van der Waals surface area contributed by atoms with Crippen LogP contribution in [-0.4, -0.2) is 9.97 Å². The molecule has 0 bridgehead atoms. The maximum atomic E-state index is 12.8. The Kier molecular flexibility index (Phi) is 3.53. The highest BCUT2D eigenvalue weighted by molar-refractivity contribution is 7.80. The highest BCUT2D eigenvalue weighted by Crippen LogP contribution is 2.21. The third-order valence-electron chi connectivity index (χ3n) is 2.25. The van der Waals surface area contributed by atoms with Crippen molar-refractivity contribution in [3.63, 3.8) is 0 Å². The zero-order valence-corrected chi connectivity index (χ0v) is 10.5. The van der Waals surface area contributed by atoms with Crippen LogP contribution in [0.15, 0.2) is 36.4 Å². The second kappa shape index (κ2) is 5.10. The van der Waals surface area contributed by atoms with E-state index in [2.05, 4.69) is 4.98 Å². The number of nitrogens with zero attached hydrogens (tertiary/aromatic N) is 1. The number of thiocarbonyl (C=S) groups is 1. The van der Waals surface area contributed by atoms with E-state index in [1.807, 2.05) is 6.92 Å². The molecular formula is C13H11FN2OS. The molecular weight excluding hydrogens is 251 g/mol. The summed E-state index contributed by atoms with van der Waals surface area (Å²) >= 11 is 4.91. The number of benzene rings is 1. The molecule has 0 amide bonds. The number of pyridine rings is 1. The molecule has 0 atom stereocenters. The number of hydrogen-bond donors (Lipinski definition) is 1. The fourth-order valence-corrected chi connectivity index (χ4v) is 1.57. The Labute approximate surface area is 109 Å². The van der Waals surface area contributed by atoms with Crippen molar-refractivity contribution in [1.82, 2.24) is 4.98 Å². The summed E-state index contributed by atoms with van der Waals surface area (Å²) in [5.41, 5.74) is 7.00. The number of aryl methyl sites for hydroxylation is 1. The molecule has 0 aliphatic rings. The number of ether oxygens (including phenoxy) is 1. The topological polar surface area (TPSA) is 48.1 Å². The fourth-order valence-electron chi connectivity index (χ4n) is 1.46. The standard InChI is InChI=1S/C13H11FN2OS/c1-8-6-9(13(15)18)7-12(16-8)17-11-4-2-10(14)3-5-11/h2-7H,1H3,(H2,15,18). The van der Waals surface area contributed by atoms with Gasteiger partial charge in [0.15, 0.2) is 0 Å². The van der Waals surface area contributed by atoms with Gasteiger partial charge in [0.05, 0.1) is 0 Å². The van der Waals surface area contributed by atoms with Gasteiger partial charge in [-0.3, -0.25) is 0 Å². The summed E-state index contributed by atoms with van der Waals surface area (Å²) in [4.78, 5) is 4.48. The highest BCUT2D eigenvalue weighted by Gasteiger charge is 2.05. The van der Waals surface area contributed by atoms with Gasteiger partial charge in [-0.25, -0.2) is 9.37 Å². The first kappa shape index (κ1) is 12.4. The van der Waals surface area contributed by atoms with Crippen molar-refractivity contribution in [3.8, 4) is 11.6 Å². The summed E-state index contributed by atoms with van der Waals surface area (Å²) in [5, 5.41) is 0. The third-order valence-corrected chi connectivity index (χ3v) is 2.49. The van der Waals surface area contributed by atoms with Crippen molar-refractivity contribution in [2.75, 3.05) is 0 Å². The second-order valence-corrected chi connectivity index (χ2v) is 4.20. The van der Waals surface area contributed by atoms with Crippen molar-refractivity contribution >= 4 is 17.2 Å². The summed E-state index contributed by atoms with van der Waals surface area (Å²) < 4.78 is 18.3. The molecule has 0 unspecified atom stereocenters. The maximum Gasteiger partial charge on any atom is 0.220 e. The maximum absolute atomic E-state index is 12.8. The lowest BCUT2D eigenvalue weighted by atomic mass is 10.2. The quantitative estimate of drug-likeness (QED) is 0.864. The van der Waals surface area contributed by atoms with Crippen LogP contribution in [0.25, 0.3) is 0 Å². The number of halogens is 1. The van der Waals surface area contributed by atoms with Crippen LogP contribution >= 0.6 is 12.2 Å². The molecule has 2 rings (SSSR count). The molecule has 0 aliphatic carbocycles. The first-order valence-corrected chi connectivity index (χ1v) is 5.67. The number of hydrogen-bond acceptors (Lipinski definition) is 3. The van der Waals surface area contributed by atoms with Gasteiger partial charge >= 0.3 is 0 Å². The largest absolute Gasteiger partial charge is 0.439 e. The van der Waals surface area contributed by atoms with E-state index in [0.717, 1.165) is 5.69 Å². The normalized spacial score (nSPS) is 10.1. The average Bonchev–Trinajstić information content (AvgIpc) is 2.31. The predicted octanol–water partition coefficient (Wildman–Crippen LogP) is 2.96. The van der Waals surface area contributed by atoms with Crippen molar-refractivity contribution < 1.29 is 9.13 Å². The molecule has 3 nitrogen and oxygen atoms in total. The highest BCUT2D eigenvalue weighted by atomic mass is 32.1. The molecule has 0 radical (unpaired) electrons. The fraction of sp³-hybridized carbons (Fsp3) is 0.0769. The van der Waals surface area contributed by atoms with Crippen LogP contribution in [0.5, 0.6) is 11.6 Å². The third kappa shape index (κ3) is 3.01. The molecule has 2 N–H and O–H groups in total. The van der Waals surface area contributed by atoms with Gasteiger partial charge in [-0.2, -0.15) is 0 Å². The van der Waals surface area contributed by atoms with Gasteiger partial charge in [0, 0.05) is 17.3 Å². The van der Waals surface area contributed by atoms with Crippen LogP contribution in [0.1, 0.15) is 11.3 Å². The number of rotatable bonds is 3. The van der Waals surface area contributed by atoms with Gasteiger partial charge in [0.2, 0.25) is 5.88 Å². The van der Waals surface area contributed by atoms with Gasteiger partial charge in [0.1, 0.15) is 16.6 Å². The first-order chi connectivity index (χ1) is 8.54. The molecule has 2 aromatic rings. The average molecular weight is 262 g/mol. The van der Waals surface area contributed by atoms with Gasteiger partial charge < -0.3 is 10.5 Å². The molecule has 0 fully saturated rings. The van der Waals surface area contributed by atoms with Crippen LogP contribution in [0.2, 0.25) is 0 Å². The Morgan fingerprint density at radius 3 is 2.56 bits per heavy atom. The smallest absolute Gasteiger partial charge is 0.220 e. The summed E-state index contributed by atoms with van der Waals surface area (Å²) in [7, 11) is 0. The molecule has 0 saturated heterocycles. The van der Waals surface area contributed by atoms with E-state index in [1.54, 1.807) is 12.1 Å². The summed E-state index contributed by atoms with van der Waals surface area (Å²) in [6.07, 6.45) is 0. The van der Waals surface area contributed by atoms with Gasteiger partial charge in [-0.15, -0.1) is 0 Å². The Bertz CT molecular complexity index is 584. The van der Waals surface area contributed by atoms with Crippen LogP contribution in [0.4, 0.5) is 4.39 Å². The van der Waals surface area contributed by atoms with Crippen molar-refractivity contribution in [3.05, 3.63) is 53.5 Å². The van der Waals surface area contributed by atoms with E-state index >= 15 is 0 Å². The summed E-state index contributed by atoms with van der Waals surface area (Å²) in [5.74, 6) is 0.566. The SMILES string of the molecule is Cc1cc(C(N)=S)cc(Oc2ccc(F)cc2)n1. The van der Waals surface area contributed by atoms with Crippen molar-refractivity contribution in [1.29, 1.82) is 0 Å². The Balaban J connectivity index is 2.28. The van der Waals surface area contributed by atoms with E-state index in [0.29, 0.717) is 17.2 Å². The Morgan fingerprint density at radius 1 is 1.28 bits per heavy atom. The van der Waals surface area contributed by atoms with Gasteiger partial charge in [-0.05, 0) is 37.3 Å². The predicted molar refractivity (Wildman–Crippen MR) is 71.3 cm³/mol. The van der Waals surface area contributed by atoms with Gasteiger partial charge in [0.25, 0.3) is 0 Å². The summed E-state index contributed by atoms with van der Waals surface area (Å²) in [6, 6.07) is 9.12. The molecule has 5 heteroatoms. The minimum absolute atomic E-state index is 0.282. The first-order valence-electron chi connectivity index (χ1n) is 5.26. The Morgan fingerprint density at radius 2 is 1.94 bits per heavy atom. The van der Waals surface area contributed by atoms with Gasteiger partial charge in [-0.1, -0.05) is 12.2 Å². The molecule has 18 heavy (non-hydrogen) atoms. The molecule has 92 valence electrons. The van der Waals surface area contributed by atoms with E-state index in [4.69, 9.17) is 22.7 Å². The second-order valence-electron chi connectivity index (χ2n) is 3.76. The minimum Gasteiger partial charge on any atom is -0.439 e. The van der Waals surface area contributed by atoms with Crippen LogP contribution < -0.4 is 10.5 Å². The lowest BCUT2D eigenvalue weighted by molar-refractivity contribution is 0.460. The molecule has 0 aliphatic heterocycles. The zero-order chi connectivity index (χ0) is 13.1. The molecule has 1 aromatic heterocycles. The van der Waals surface area contributed by atoms with E-state index in [-0.39, 0.29) is 10.8 Å².